The van der Waals surface area contributed by atoms with E-state index in [0.717, 1.165) is 5.56 Å². The molecule has 0 saturated heterocycles. The van der Waals surface area contributed by atoms with Gasteiger partial charge in [0.15, 0.2) is 0 Å². The molecule has 106 valence electrons. The molecule has 2 aromatic rings. The maximum Gasteiger partial charge on any atom is 0.238 e. The molecule has 2 aromatic carbocycles. The quantitative estimate of drug-likeness (QED) is 0.747. The first-order valence-corrected chi connectivity index (χ1v) is 7.31. The molecule has 0 unspecified atom stereocenters. The lowest BCUT2D eigenvalue weighted by atomic mass is 10.2. The molecule has 0 atom stereocenters. The third kappa shape index (κ3) is 3.69. The molecule has 5 N–H and O–H groups in total. The number of benzene rings is 2. The average molecular weight is 295 g/mol. The number of hydrogen-bond donors (Lipinski definition) is 3. The van der Waals surface area contributed by atoms with Gasteiger partial charge in [0.05, 0.1) is 4.90 Å². The van der Waals surface area contributed by atoms with Crippen LogP contribution in [-0.4, -0.2) is 8.42 Å². The highest BCUT2D eigenvalue weighted by atomic mass is 32.2. The summed E-state index contributed by atoms with van der Waals surface area (Å²) >= 11 is 0. The van der Waals surface area contributed by atoms with Crippen LogP contribution in [0.5, 0.6) is 0 Å². The second-order valence-corrected chi connectivity index (χ2v) is 5.88. The van der Waals surface area contributed by atoms with E-state index in [1.165, 1.54) is 24.3 Å². The lowest BCUT2D eigenvalue weighted by Crippen LogP contribution is -2.13. The van der Waals surface area contributed by atoms with Crippen LogP contribution in [0.4, 0.5) is 15.8 Å². The van der Waals surface area contributed by atoms with Gasteiger partial charge in [-0.3, -0.25) is 0 Å². The predicted octanol–water partition coefficient (Wildman–Crippen LogP) is 1.67. The SMILES string of the molecule is Nc1cc(NCc2ccc(F)cc2)cc(S(N)(=O)=O)c1. The van der Waals surface area contributed by atoms with Crippen molar-refractivity contribution in [3.63, 3.8) is 0 Å². The molecule has 0 spiro atoms. The molecule has 0 fully saturated rings. The fraction of sp³-hybridized carbons (Fsp3) is 0.0769. The fourth-order valence-electron chi connectivity index (χ4n) is 1.69. The van der Waals surface area contributed by atoms with Crippen molar-refractivity contribution in [1.29, 1.82) is 0 Å². The number of anilines is 2. The summed E-state index contributed by atoms with van der Waals surface area (Å²) in [5.41, 5.74) is 7.30. The van der Waals surface area contributed by atoms with Crippen LogP contribution in [0.2, 0.25) is 0 Å². The molecule has 0 aliphatic rings. The van der Waals surface area contributed by atoms with Gasteiger partial charge in [0.2, 0.25) is 10.0 Å². The van der Waals surface area contributed by atoms with Gasteiger partial charge < -0.3 is 11.1 Å². The zero-order valence-corrected chi connectivity index (χ0v) is 11.3. The Labute approximate surface area is 116 Å². The van der Waals surface area contributed by atoms with Gasteiger partial charge in [-0.15, -0.1) is 0 Å². The first kappa shape index (κ1) is 14.3. The Balaban J connectivity index is 2.17. The first-order chi connectivity index (χ1) is 9.34. The molecule has 0 saturated carbocycles. The van der Waals surface area contributed by atoms with Crippen LogP contribution in [0.3, 0.4) is 0 Å². The van der Waals surface area contributed by atoms with Crippen LogP contribution in [0.1, 0.15) is 5.56 Å². The standard InChI is InChI=1S/C13H14FN3O2S/c14-10-3-1-9(2-4-10)8-17-12-5-11(15)6-13(7-12)20(16,18)19/h1-7,17H,8,15H2,(H2,16,18,19). The zero-order valence-electron chi connectivity index (χ0n) is 10.5. The van der Waals surface area contributed by atoms with Gasteiger partial charge in [0.25, 0.3) is 0 Å². The Morgan fingerprint density at radius 3 is 2.35 bits per heavy atom. The number of sulfonamides is 1. The van der Waals surface area contributed by atoms with Gasteiger partial charge in [-0.25, -0.2) is 17.9 Å². The highest BCUT2D eigenvalue weighted by Gasteiger charge is 2.09. The number of nitrogen functional groups attached to an aromatic ring is 1. The first-order valence-electron chi connectivity index (χ1n) is 5.76. The molecule has 0 amide bonds. The van der Waals surface area contributed by atoms with Gasteiger partial charge in [-0.2, -0.15) is 0 Å². The number of rotatable bonds is 4. The van der Waals surface area contributed by atoms with E-state index < -0.39 is 10.0 Å². The van der Waals surface area contributed by atoms with Crippen LogP contribution in [0.25, 0.3) is 0 Å². The summed E-state index contributed by atoms with van der Waals surface area (Å²) in [5.74, 6) is -0.311. The van der Waals surface area contributed by atoms with Crippen molar-refractivity contribution < 1.29 is 12.8 Å². The van der Waals surface area contributed by atoms with E-state index >= 15 is 0 Å². The maximum atomic E-state index is 12.8. The van der Waals surface area contributed by atoms with E-state index in [4.69, 9.17) is 10.9 Å². The molecule has 20 heavy (non-hydrogen) atoms. The maximum absolute atomic E-state index is 12.8. The molecule has 0 heterocycles. The number of hydrogen-bond acceptors (Lipinski definition) is 4. The van der Waals surface area contributed by atoms with Crippen LogP contribution in [0.15, 0.2) is 47.4 Å². The summed E-state index contributed by atoms with van der Waals surface area (Å²) in [7, 11) is -3.81. The minimum Gasteiger partial charge on any atom is -0.399 e. The smallest absolute Gasteiger partial charge is 0.238 e. The monoisotopic (exact) mass is 295 g/mol. The minimum atomic E-state index is -3.81. The van der Waals surface area contributed by atoms with Crippen LogP contribution < -0.4 is 16.2 Å². The van der Waals surface area contributed by atoms with E-state index in [1.807, 2.05) is 0 Å². The lowest BCUT2D eigenvalue weighted by Gasteiger charge is -2.09. The van der Waals surface area contributed by atoms with E-state index in [2.05, 4.69) is 5.32 Å². The van der Waals surface area contributed by atoms with Gasteiger partial charge in [-0.05, 0) is 35.9 Å². The molecule has 2 rings (SSSR count). The van der Waals surface area contributed by atoms with Gasteiger partial charge in [-0.1, -0.05) is 12.1 Å². The Hall–Kier alpha value is -2.12. The van der Waals surface area contributed by atoms with Crippen LogP contribution >= 0.6 is 0 Å². The van der Waals surface area contributed by atoms with Gasteiger partial charge in [0, 0.05) is 17.9 Å². The second kappa shape index (κ2) is 5.48. The van der Waals surface area contributed by atoms with Crippen molar-refractivity contribution in [3.8, 4) is 0 Å². The molecular formula is C13H14FN3O2S. The molecule has 7 heteroatoms. The molecule has 0 aliphatic carbocycles. The second-order valence-electron chi connectivity index (χ2n) is 4.32. The van der Waals surface area contributed by atoms with E-state index in [1.54, 1.807) is 18.2 Å². The van der Waals surface area contributed by atoms with Crippen molar-refractivity contribution in [2.75, 3.05) is 11.1 Å². The highest BCUT2D eigenvalue weighted by Crippen LogP contribution is 2.20. The van der Waals surface area contributed by atoms with Gasteiger partial charge in [0.1, 0.15) is 5.82 Å². The van der Waals surface area contributed by atoms with Crippen LogP contribution in [0, 0.1) is 5.82 Å². The number of primary sulfonamides is 1. The van der Waals surface area contributed by atoms with Crippen molar-refractivity contribution >= 4 is 21.4 Å². The molecular weight excluding hydrogens is 281 g/mol. The normalized spacial score (nSPS) is 11.3. The third-order valence-corrected chi connectivity index (χ3v) is 3.56. The van der Waals surface area contributed by atoms with E-state index in [0.29, 0.717) is 12.2 Å². The third-order valence-electron chi connectivity index (χ3n) is 2.67. The Bertz CT molecular complexity index is 715. The Morgan fingerprint density at radius 1 is 1.10 bits per heavy atom. The summed E-state index contributed by atoms with van der Waals surface area (Å²) < 4.78 is 35.4. The summed E-state index contributed by atoms with van der Waals surface area (Å²) in [6.07, 6.45) is 0. The molecule has 5 nitrogen and oxygen atoms in total. The van der Waals surface area contributed by atoms with Crippen molar-refractivity contribution in [1.82, 2.24) is 0 Å². The summed E-state index contributed by atoms with van der Waals surface area (Å²) in [6.45, 7) is 0.411. The average Bonchev–Trinajstić information content (AvgIpc) is 2.36. The summed E-state index contributed by atoms with van der Waals surface area (Å²) in [5, 5.41) is 8.08. The topological polar surface area (TPSA) is 98.2 Å². The van der Waals surface area contributed by atoms with Crippen molar-refractivity contribution in [2.24, 2.45) is 5.14 Å². The number of halogens is 1. The Kier molecular flexibility index (Phi) is 3.91. The van der Waals surface area contributed by atoms with E-state index in [-0.39, 0.29) is 16.4 Å². The minimum absolute atomic E-state index is 0.0564. The van der Waals surface area contributed by atoms with Crippen LogP contribution in [-0.2, 0) is 16.6 Å². The largest absolute Gasteiger partial charge is 0.399 e. The molecule has 0 aliphatic heterocycles. The molecule has 0 radical (unpaired) electrons. The highest BCUT2D eigenvalue weighted by molar-refractivity contribution is 7.89. The molecule has 0 bridgehead atoms. The van der Waals surface area contributed by atoms with Gasteiger partial charge >= 0.3 is 0 Å². The number of nitrogens with two attached hydrogens (primary N) is 2. The summed E-state index contributed by atoms with van der Waals surface area (Å²) in [6, 6.07) is 10.3. The lowest BCUT2D eigenvalue weighted by molar-refractivity contribution is 0.598. The fourth-order valence-corrected chi connectivity index (χ4v) is 2.29. The van der Waals surface area contributed by atoms with E-state index in [9.17, 15) is 12.8 Å². The van der Waals surface area contributed by atoms with Crippen molar-refractivity contribution in [3.05, 3.63) is 53.8 Å². The zero-order chi connectivity index (χ0) is 14.8. The predicted molar refractivity (Wildman–Crippen MR) is 76.0 cm³/mol. The van der Waals surface area contributed by atoms with Crippen molar-refractivity contribution in [2.45, 2.75) is 11.4 Å². The number of nitrogens with one attached hydrogen (secondary N) is 1. The summed E-state index contributed by atoms with van der Waals surface area (Å²) in [4.78, 5) is -0.0564. The molecule has 0 aromatic heterocycles. The Morgan fingerprint density at radius 2 is 1.75 bits per heavy atom.